The van der Waals surface area contributed by atoms with Gasteiger partial charge in [-0.1, -0.05) is 36.4 Å². The van der Waals surface area contributed by atoms with Crippen LogP contribution in [0.2, 0.25) is 0 Å². The van der Waals surface area contributed by atoms with Crippen LogP contribution in [0.1, 0.15) is 22.8 Å². The normalized spacial score (nSPS) is 12.7. The number of aliphatic hydroxyl groups excluding tert-OH is 1. The van der Waals surface area contributed by atoms with Gasteiger partial charge in [-0.3, -0.25) is 0 Å². The molecule has 2 N–H and O–H groups in total. The number of fused-ring (bicyclic) bond motifs is 1. The summed E-state index contributed by atoms with van der Waals surface area (Å²) in [5.74, 6) is 0. The smallest absolute Gasteiger partial charge is 0.105 e. The maximum absolute atomic E-state index is 10.6. The number of ether oxygens (including phenoxy) is 1. The Morgan fingerprint density at radius 1 is 1.15 bits per heavy atom. The molecule has 0 radical (unpaired) electrons. The van der Waals surface area contributed by atoms with E-state index in [4.69, 9.17) is 4.74 Å². The Balaban J connectivity index is 2.01. The second kappa shape index (κ2) is 5.49. The number of benzene rings is 2. The van der Waals surface area contributed by atoms with Gasteiger partial charge in [0, 0.05) is 24.2 Å². The molecule has 0 aliphatic rings. The van der Waals surface area contributed by atoms with E-state index in [1.165, 1.54) is 0 Å². The molecule has 2 aromatic carbocycles. The Morgan fingerprint density at radius 2 is 2.00 bits per heavy atom. The number of H-pyrrole nitrogens is 1. The summed E-state index contributed by atoms with van der Waals surface area (Å²) in [7, 11) is 1.67. The van der Waals surface area contributed by atoms with Crippen LogP contribution in [0.4, 0.5) is 0 Å². The first kappa shape index (κ1) is 12.9. The van der Waals surface area contributed by atoms with Gasteiger partial charge in [-0.05, 0) is 28.8 Å². The number of aromatic nitrogens is 1. The third kappa shape index (κ3) is 2.33. The summed E-state index contributed by atoms with van der Waals surface area (Å²) >= 11 is 0. The van der Waals surface area contributed by atoms with Crippen LogP contribution >= 0.6 is 0 Å². The first-order chi connectivity index (χ1) is 9.79. The van der Waals surface area contributed by atoms with Crippen molar-refractivity contribution < 1.29 is 9.84 Å². The van der Waals surface area contributed by atoms with Gasteiger partial charge in [-0.2, -0.15) is 0 Å². The highest BCUT2D eigenvalue weighted by molar-refractivity contribution is 5.83. The van der Waals surface area contributed by atoms with Crippen LogP contribution in [-0.4, -0.2) is 17.2 Å². The Morgan fingerprint density at radius 3 is 2.85 bits per heavy atom. The molecule has 0 amide bonds. The average molecular weight is 267 g/mol. The lowest BCUT2D eigenvalue weighted by Gasteiger charge is -2.14. The molecule has 0 saturated carbocycles. The molecule has 0 bridgehead atoms. The minimum atomic E-state index is -0.633. The fraction of sp³-hybridized carbons (Fsp3) is 0.176. The van der Waals surface area contributed by atoms with Crippen LogP contribution in [-0.2, 0) is 11.3 Å². The van der Waals surface area contributed by atoms with Crippen LogP contribution in [0.3, 0.4) is 0 Å². The van der Waals surface area contributed by atoms with Crippen molar-refractivity contribution in [3.05, 3.63) is 71.4 Å². The van der Waals surface area contributed by atoms with E-state index >= 15 is 0 Å². The number of hydrogen-bond acceptors (Lipinski definition) is 2. The van der Waals surface area contributed by atoms with Crippen molar-refractivity contribution in [2.75, 3.05) is 7.11 Å². The van der Waals surface area contributed by atoms with Gasteiger partial charge in [0.15, 0.2) is 0 Å². The van der Waals surface area contributed by atoms with E-state index in [-0.39, 0.29) is 0 Å². The first-order valence-electron chi connectivity index (χ1n) is 6.61. The molecule has 3 heteroatoms. The zero-order chi connectivity index (χ0) is 13.9. The lowest BCUT2D eigenvalue weighted by atomic mass is 9.97. The van der Waals surface area contributed by atoms with E-state index in [9.17, 15) is 5.11 Å². The van der Waals surface area contributed by atoms with Crippen molar-refractivity contribution in [1.82, 2.24) is 4.98 Å². The van der Waals surface area contributed by atoms with Crippen molar-refractivity contribution in [1.29, 1.82) is 0 Å². The second-order valence-electron chi connectivity index (χ2n) is 4.87. The van der Waals surface area contributed by atoms with Gasteiger partial charge in [-0.25, -0.2) is 0 Å². The Bertz CT molecular complexity index is 718. The Kier molecular flexibility index (Phi) is 3.54. The highest BCUT2D eigenvalue weighted by Crippen LogP contribution is 2.28. The quantitative estimate of drug-likeness (QED) is 0.761. The predicted molar refractivity (Wildman–Crippen MR) is 79.5 cm³/mol. The average Bonchev–Trinajstić information content (AvgIpc) is 2.95. The number of rotatable bonds is 4. The lowest BCUT2D eigenvalue weighted by molar-refractivity contribution is 0.184. The zero-order valence-electron chi connectivity index (χ0n) is 11.3. The van der Waals surface area contributed by atoms with Gasteiger partial charge in [0.05, 0.1) is 6.61 Å². The van der Waals surface area contributed by atoms with Gasteiger partial charge in [0.2, 0.25) is 0 Å². The van der Waals surface area contributed by atoms with E-state index < -0.39 is 6.10 Å². The van der Waals surface area contributed by atoms with Gasteiger partial charge < -0.3 is 14.8 Å². The molecule has 1 unspecified atom stereocenters. The largest absolute Gasteiger partial charge is 0.384 e. The summed E-state index contributed by atoms with van der Waals surface area (Å²) in [6.45, 7) is 0.551. The minimum Gasteiger partial charge on any atom is -0.384 e. The molecule has 0 aliphatic heterocycles. The van der Waals surface area contributed by atoms with Crippen LogP contribution < -0.4 is 0 Å². The highest BCUT2D eigenvalue weighted by Gasteiger charge is 2.14. The van der Waals surface area contributed by atoms with E-state index in [1.54, 1.807) is 7.11 Å². The molecule has 20 heavy (non-hydrogen) atoms. The van der Waals surface area contributed by atoms with Crippen molar-refractivity contribution in [2.45, 2.75) is 12.7 Å². The molecule has 102 valence electrons. The number of nitrogens with one attached hydrogen (secondary N) is 1. The third-order valence-electron chi connectivity index (χ3n) is 3.50. The Hall–Kier alpha value is -2.10. The third-order valence-corrected chi connectivity index (χ3v) is 3.50. The molecule has 0 spiro atoms. The molecule has 1 atom stereocenters. The SMILES string of the molecule is COCc1cccc(C(O)c2cccc3[nH]ccc23)c1. The minimum absolute atomic E-state index is 0.551. The van der Waals surface area contributed by atoms with Crippen LogP contribution in [0.15, 0.2) is 54.7 Å². The molecular formula is C17H17NO2. The fourth-order valence-corrected chi connectivity index (χ4v) is 2.55. The summed E-state index contributed by atoms with van der Waals surface area (Å²) in [4.78, 5) is 3.17. The molecule has 1 heterocycles. The summed E-state index contributed by atoms with van der Waals surface area (Å²) in [6.07, 6.45) is 1.26. The molecule has 3 aromatic rings. The molecule has 3 rings (SSSR count). The van der Waals surface area contributed by atoms with Gasteiger partial charge in [-0.15, -0.1) is 0 Å². The number of methoxy groups -OCH3 is 1. The fourth-order valence-electron chi connectivity index (χ4n) is 2.55. The van der Waals surface area contributed by atoms with Gasteiger partial charge in [0.25, 0.3) is 0 Å². The van der Waals surface area contributed by atoms with Crippen LogP contribution in [0.25, 0.3) is 10.9 Å². The zero-order valence-corrected chi connectivity index (χ0v) is 11.3. The van der Waals surface area contributed by atoms with E-state index in [2.05, 4.69) is 4.98 Å². The standard InChI is InChI=1S/C17H17NO2/c1-20-11-12-4-2-5-13(10-12)17(19)15-6-3-7-16-14(15)8-9-18-16/h2-10,17-19H,11H2,1H3. The van der Waals surface area contributed by atoms with Crippen LogP contribution in [0.5, 0.6) is 0 Å². The van der Waals surface area contributed by atoms with Crippen molar-refractivity contribution in [2.24, 2.45) is 0 Å². The lowest BCUT2D eigenvalue weighted by Crippen LogP contribution is -2.01. The number of aliphatic hydroxyl groups is 1. The molecule has 3 nitrogen and oxygen atoms in total. The number of aromatic amines is 1. The Labute approximate surface area is 117 Å². The maximum atomic E-state index is 10.6. The van der Waals surface area contributed by atoms with Crippen molar-refractivity contribution in [3.63, 3.8) is 0 Å². The first-order valence-corrected chi connectivity index (χ1v) is 6.61. The predicted octanol–water partition coefficient (Wildman–Crippen LogP) is 3.40. The summed E-state index contributed by atoms with van der Waals surface area (Å²) in [5, 5.41) is 11.7. The van der Waals surface area contributed by atoms with Gasteiger partial charge >= 0.3 is 0 Å². The number of hydrogen-bond donors (Lipinski definition) is 2. The summed E-state index contributed by atoms with van der Waals surface area (Å²) in [6, 6.07) is 15.8. The van der Waals surface area contributed by atoms with E-state index in [0.29, 0.717) is 6.61 Å². The molecule has 1 aromatic heterocycles. The molecular weight excluding hydrogens is 250 g/mol. The van der Waals surface area contributed by atoms with Gasteiger partial charge in [0.1, 0.15) is 6.10 Å². The molecule has 0 saturated heterocycles. The summed E-state index contributed by atoms with van der Waals surface area (Å²) in [5.41, 5.74) is 3.89. The summed E-state index contributed by atoms with van der Waals surface area (Å²) < 4.78 is 5.14. The van der Waals surface area contributed by atoms with Crippen molar-refractivity contribution in [3.8, 4) is 0 Å². The topological polar surface area (TPSA) is 45.2 Å². The second-order valence-corrected chi connectivity index (χ2v) is 4.87. The van der Waals surface area contributed by atoms with E-state index in [1.807, 2.05) is 54.7 Å². The van der Waals surface area contributed by atoms with Crippen LogP contribution in [0, 0.1) is 0 Å². The monoisotopic (exact) mass is 267 g/mol. The molecule has 0 aliphatic carbocycles. The van der Waals surface area contributed by atoms with Crippen molar-refractivity contribution >= 4 is 10.9 Å². The molecule has 0 fully saturated rings. The highest BCUT2D eigenvalue weighted by atomic mass is 16.5. The van der Waals surface area contributed by atoms with E-state index in [0.717, 1.165) is 27.6 Å². The maximum Gasteiger partial charge on any atom is 0.105 e.